The van der Waals surface area contributed by atoms with Crippen molar-refractivity contribution in [1.29, 1.82) is 0 Å². The molecule has 0 saturated carbocycles. The Balaban J connectivity index is 2.93. The van der Waals surface area contributed by atoms with E-state index in [1.165, 1.54) is 0 Å². The molecule has 42 valence electrons. The van der Waals surface area contributed by atoms with Crippen LogP contribution in [0.3, 0.4) is 0 Å². The van der Waals surface area contributed by atoms with Crippen LogP contribution < -0.4 is 5.73 Å². The van der Waals surface area contributed by atoms with E-state index in [1.54, 1.807) is 6.07 Å². The Kier molecular flexibility index (Phi) is 1.36. The molecule has 2 nitrogen and oxygen atoms in total. The second kappa shape index (κ2) is 2.01. The van der Waals surface area contributed by atoms with Gasteiger partial charge in [0.25, 0.3) is 0 Å². The molecule has 1 amide bonds. The maximum Gasteiger partial charge on any atom is 0.249 e. The van der Waals surface area contributed by atoms with Gasteiger partial charge in [0.05, 0.1) is 0 Å². The molecule has 0 aliphatic carbocycles. The minimum absolute atomic E-state index is 0.328. The van der Waals surface area contributed by atoms with Crippen LogP contribution in [0.2, 0.25) is 0 Å². The summed E-state index contributed by atoms with van der Waals surface area (Å²) in [4.78, 5) is 10.3. The standard InChI is InChI=1S/C5H6NOP/c6-5(7)4-1-2-8-3-4/h1-3,8H,(H2,6,7). The van der Waals surface area contributed by atoms with Gasteiger partial charge in [0.1, 0.15) is 0 Å². The zero-order valence-corrected chi connectivity index (χ0v) is 5.22. The van der Waals surface area contributed by atoms with Gasteiger partial charge in [-0.1, -0.05) is 0 Å². The van der Waals surface area contributed by atoms with Crippen LogP contribution in [0.5, 0.6) is 0 Å². The van der Waals surface area contributed by atoms with Crippen molar-refractivity contribution in [2.24, 2.45) is 5.73 Å². The summed E-state index contributed by atoms with van der Waals surface area (Å²) in [5.41, 5.74) is 5.59. The number of primary amides is 1. The topological polar surface area (TPSA) is 43.1 Å². The number of rotatable bonds is 1. The lowest BCUT2D eigenvalue weighted by Crippen LogP contribution is -2.08. The van der Waals surface area contributed by atoms with Gasteiger partial charge in [-0.25, -0.2) is 0 Å². The minimum atomic E-state index is -0.328. The third-order valence-electron chi connectivity index (χ3n) is 0.882. The second-order valence-corrected chi connectivity index (χ2v) is 2.42. The Labute approximate surface area is 48.8 Å². The summed E-state index contributed by atoms with van der Waals surface area (Å²) in [6, 6.07) is 1.75. The molecule has 0 aromatic carbocycles. The van der Waals surface area contributed by atoms with E-state index in [2.05, 4.69) is 0 Å². The highest BCUT2D eigenvalue weighted by molar-refractivity contribution is 7.28. The van der Waals surface area contributed by atoms with Crippen molar-refractivity contribution in [3.05, 3.63) is 23.2 Å². The molecule has 0 aliphatic rings. The molecule has 0 fully saturated rings. The lowest BCUT2D eigenvalue weighted by atomic mass is 10.3. The van der Waals surface area contributed by atoms with Crippen LogP contribution in [-0.4, -0.2) is 5.91 Å². The van der Waals surface area contributed by atoms with E-state index in [0.29, 0.717) is 13.8 Å². The largest absolute Gasteiger partial charge is 0.366 e. The minimum Gasteiger partial charge on any atom is -0.366 e. The third kappa shape index (κ3) is 0.903. The molecule has 8 heavy (non-hydrogen) atoms. The highest BCUT2D eigenvalue weighted by atomic mass is 31.0. The maximum absolute atomic E-state index is 10.3. The average molecular weight is 127 g/mol. The van der Waals surface area contributed by atoms with Gasteiger partial charge in [-0.05, 0) is 17.7 Å². The zero-order chi connectivity index (χ0) is 5.98. The molecule has 1 aromatic rings. The van der Waals surface area contributed by atoms with Crippen molar-refractivity contribution < 1.29 is 4.79 Å². The second-order valence-electron chi connectivity index (χ2n) is 1.46. The van der Waals surface area contributed by atoms with Gasteiger partial charge in [-0.15, -0.1) is 8.19 Å². The Morgan fingerprint density at radius 3 is 2.75 bits per heavy atom. The van der Waals surface area contributed by atoms with E-state index >= 15 is 0 Å². The molecule has 2 N–H and O–H groups in total. The number of nitrogens with two attached hydrogens (primary N) is 1. The Morgan fingerprint density at radius 1 is 1.75 bits per heavy atom. The van der Waals surface area contributed by atoms with Gasteiger partial charge in [-0.2, -0.15) is 0 Å². The van der Waals surface area contributed by atoms with E-state index in [1.807, 2.05) is 11.6 Å². The van der Waals surface area contributed by atoms with Crippen LogP contribution >= 0.6 is 8.19 Å². The first-order valence-corrected chi connectivity index (χ1v) is 3.39. The number of carbonyl (C=O) groups excluding carboxylic acids is 1. The molecule has 0 aliphatic heterocycles. The lowest BCUT2D eigenvalue weighted by molar-refractivity contribution is 0.100. The third-order valence-corrected chi connectivity index (χ3v) is 1.72. The molecular weight excluding hydrogens is 121 g/mol. The average Bonchev–Trinajstić information content (AvgIpc) is 2.12. The summed E-state index contributed by atoms with van der Waals surface area (Å²) in [5, 5.41) is 0. The normalized spacial score (nSPS) is 10.0. The number of hydrogen-bond donors (Lipinski definition) is 1. The SMILES string of the molecule is NC(=O)c1cc[pH]c1. The fraction of sp³-hybridized carbons (Fsp3) is 0. The summed E-state index contributed by atoms with van der Waals surface area (Å²) in [7, 11) is 0.638. The van der Waals surface area contributed by atoms with Crippen LogP contribution in [0, 0.1) is 0 Å². The first-order chi connectivity index (χ1) is 3.80. The lowest BCUT2D eigenvalue weighted by Gasteiger charge is -1.81. The Hall–Kier alpha value is -0.750. The summed E-state index contributed by atoms with van der Waals surface area (Å²) in [6.07, 6.45) is 0. The van der Waals surface area contributed by atoms with Crippen molar-refractivity contribution >= 4 is 14.1 Å². The van der Waals surface area contributed by atoms with Crippen molar-refractivity contribution in [3.63, 3.8) is 0 Å². The van der Waals surface area contributed by atoms with Crippen LogP contribution in [0.25, 0.3) is 0 Å². The van der Waals surface area contributed by atoms with E-state index in [-0.39, 0.29) is 5.91 Å². The van der Waals surface area contributed by atoms with Gasteiger partial charge < -0.3 is 5.73 Å². The molecule has 0 bridgehead atoms. The van der Waals surface area contributed by atoms with Gasteiger partial charge >= 0.3 is 0 Å². The highest BCUT2D eigenvalue weighted by Crippen LogP contribution is 2.08. The molecule has 1 aromatic heterocycles. The fourth-order valence-electron chi connectivity index (χ4n) is 0.477. The molecule has 1 rings (SSSR count). The van der Waals surface area contributed by atoms with E-state index in [4.69, 9.17) is 5.73 Å². The molecule has 3 heteroatoms. The molecule has 0 saturated heterocycles. The molecular formula is C5H6NOP. The molecule has 1 atom stereocenters. The summed E-state index contributed by atoms with van der Waals surface area (Å²) in [5.74, 6) is 3.44. The first kappa shape index (κ1) is 5.39. The van der Waals surface area contributed by atoms with Crippen molar-refractivity contribution in [1.82, 2.24) is 0 Å². The molecule has 1 heterocycles. The molecule has 1 unspecified atom stereocenters. The monoisotopic (exact) mass is 127 g/mol. The van der Waals surface area contributed by atoms with Gasteiger partial charge in [0, 0.05) is 5.56 Å². The number of carbonyl (C=O) groups is 1. The molecule has 0 spiro atoms. The predicted octanol–water partition coefficient (Wildman–Crippen LogP) is 0.817. The van der Waals surface area contributed by atoms with Crippen molar-refractivity contribution in [2.45, 2.75) is 0 Å². The van der Waals surface area contributed by atoms with Crippen molar-refractivity contribution in [2.75, 3.05) is 0 Å². The fourth-order valence-corrected chi connectivity index (χ4v) is 1.27. The van der Waals surface area contributed by atoms with Gasteiger partial charge in [-0.3, -0.25) is 4.79 Å². The predicted molar refractivity (Wildman–Crippen MR) is 34.5 cm³/mol. The van der Waals surface area contributed by atoms with Crippen LogP contribution in [0.15, 0.2) is 17.7 Å². The van der Waals surface area contributed by atoms with Crippen LogP contribution in [0.4, 0.5) is 0 Å². The van der Waals surface area contributed by atoms with E-state index in [0.717, 1.165) is 0 Å². The maximum atomic E-state index is 10.3. The van der Waals surface area contributed by atoms with Gasteiger partial charge in [0.2, 0.25) is 5.91 Å². The van der Waals surface area contributed by atoms with E-state index < -0.39 is 0 Å². The summed E-state index contributed by atoms with van der Waals surface area (Å²) < 4.78 is 0. The van der Waals surface area contributed by atoms with E-state index in [9.17, 15) is 4.79 Å². The van der Waals surface area contributed by atoms with Gasteiger partial charge in [0.15, 0.2) is 0 Å². The zero-order valence-electron chi connectivity index (χ0n) is 4.22. The smallest absolute Gasteiger partial charge is 0.249 e. The highest BCUT2D eigenvalue weighted by Gasteiger charge is 1.95. The molecule has 0 radical (unpaired) electrons. The number of hydrogen-bond acceptors (Lipinski definition) is 1. The van der Waals surface area contributed by atoms with Crippen LogP contribution in [-0.2, 0) is 0 Å². The number of amides is 1. The Bertz CT molecular complexity index is 180. The first-order valence-electron chi connectivity index (χ1n) is 2.23. The van der Waals surface area contributed by atoms with Crippen molar-refractivity contribution in [3.8, 4) is 0 Å². The summed E-state index contributed by atoms with van der Waals surface area (Å²) >= 11 is 0. The Morgan fingerprint density at radius 2 is 2.50 bits per heavy atom. The summed E-state index contributed by atoms with van der Waals surface area (Å²) in [6.45, 7) is 0. The van der Waals surface area contributed by atoms with Crippen LogP contribution in [0.1, 0.15) is 10.4 Å². The quantitative estimate of drug-likeness (QED) is 0.596.